The minimum Gasteiger partial charge on any atom is -0.424 e. The highest BCUT2D eigenvalue weighted by atomic mass is 79.9. The number of nitrogens with two attached hydrogens (primary N) is 1. The lowest BCUT2D eigenvalue weighted by Gasteiger charge is -2.15. The van der Waals surface area contributed by atoms with Gasteiger partial charge in [0.05, 0.1) is 4.47 Å². The van der Waals surface area contributed by atoms with Crippen LogP contribution in [-0.4, -0.2) is 9.97 Å². The first kappa shape index (κ1) is 13.8. The third kappa shape index (κ3) is 3.23. The summed E-state index contributed by atoms with van der Waals surface area (Å²) >= 11 is 3.29. The minimum absolute atomic E-state index is 0.313. The first-order chi connectivity index (χ1) is 8.97. The number of nitrogen functional groups attached to an aromatic ring is 1. The summed E-state index contributed by atoms with van der Waals surface area (Å²) in [6.45, 7) is 6.15. The SMILES string of the molecule is Cc1cc(Oc2ncc(Br)cn2)c(C(C)C)cc1N. The highest BCUT2D eigenvalue weighted by molar-refractivity contribution is 9.10. The number of benzene rings is 1. The standard InChI is InChI=1S/C14H16BrN3O/c1-8(2)11-5-12(16)9(3)4-13(11)19-14-17-6-10(15)7-18-14/h4-8H,16H2,1-3H3. The molecule has 0 saturated heterocycles. The van der Waals surface area contributed by atoms with Crippen LogP contribution in [0.3, 0.4) is 0 Å². The van der Waals surface area contributed by atoms with Crippen molar-refractivity contribution in [1.29, 1.82) is 0 Å². The number of rotatable bonds is 3. The molecule has 0 saturated carbocycles. The summed E-state index contributed by atoms with van der Waals surface area (Å²) in [5.74, 6) is 1.07. The smallest absolute Gasteiger partial charge is 0.321 e. The zero-order chi connectivity index (χ0) is 14.0. The number of ether oxygens (including phenoxy) is 1. The number of aryl methyl sites for hydroxylation is 1. The van der Waals surface area contributed by atoms with E-state index in [-0.39, 0.29) is 0 Å². The van der Waals surface area contributed by atoms with Crippen molar-refractivity contribution in [1.82, 2.24) is 9.97 Å². The predicted octanol–water partition coefficient (Wildman–Crippen LogP) is 4.05. The van der Waals surface area contributed by atoms with Gasteiger partial charge in [0.15, 0.2) is 0 Å². The molecule has 2 aromatic rings. The molecule has 4 nitrogen and oxygen atoms in total. The molecule has 0 radical (unpaired) electrons. The van der Waals surface area contributed by atoms with Crippen LogP contribution in [0.1, 0.15) is 30.9 Å². The summed E-state index contributed by atoms with van der Waals surface area (Å²) in [4.78, 5) is 8.23. The Hall–Kier alpha value is -1.62. The van der Waals surface area contributed by atoms with Gasteiger partial charge in [-0.1, -0.05) is 13.8 Å². The van der Waals surface area contributed by atoms with Gasteiger partial charge in [0.2, 0.25) is 0 Å². The summed E-state index contributed by atoms with van der Waals surface area (Å²) in [7, 11) is 0. The molecule has 0 spiro atoms. The zero-order valence-corrected chi connectivity index (χ0v) is 12.7. The molecule has 1 aromatic heterocycles. The fraction of sp³-hybridized carbons (Fsp3) is 0.286. The average Bonchev–Trinajstić information content (AvgIpc) is 2.36. The van der Waals surface area contributed by atoms with Crippen molar-refractivity contribution in [3.63, 3.8) is 0 Å². The molecule has 0 atom stereocenters. The lowest BCUT2D eigenvalue weighted by molar-refractivity contribution is 0.433. The number of halogens is 1. The van der Waals surface area contributed by atoms with Crippen molar-refractivity contribution < 1.29 is 4.74 Å². The highest BCUT2D eigenvalue weighted by Crippen LogP contribution is 2.33. The molecule has 1 aromatic carbocycles. The fourth-order valence-corrected chi connectivity index (χ4v) is 1.91. The second kappa shape index (κ2) is 5.57. The number of nitrogens with zero attached hydrogens (tertiary/aromatic N) is 2. The highest BCUT2D eigenvalue weighted by Gasteiger charge is 2.12. The van der Waals surface area contributed by atoms with E-state index in [1.807, 2.05) is 19.1 Å². The molecule has 0 bridgehead atoms. The molecule has 100 valence electrons. The largest absolute Gasteiger partial charge is 0.424 e. The van der Waals surface area contributed by atoms with Crippen LogP contribution in [0.15, 0.2) is 29.0 Å². The van der Waals surface area contributed by atoms with Gasteiger partial charge in [-0.15, -0.1) is 0 Å². The Morgan fingerprint density at radius 2 is 1.84 bits per heavy atom. The van der Waals surface area contributed by atoms with Crippen molar-refractivity contribution in [3.8, 4) is 11.8 Å². The monoisotopic (exact) mass is 321 g/mol. The summed E-state index contributed by atoms with van der Waals surface area (Å²) in [5.41, 5.74) is 8.75. The maximum atomic E-state index is 5.95. The van der Waals surface area contributed by atoms with E-state index in [1.54, 1.807) is 12.4 Å². The van der Waals surface area contributed by atoms with Crippen LogP contribution in [0.25, 0.3) is 0 Å². The molecule has 1 heterocycles. The van der Waals surface area contributed by atoms with Crippen molar-refractivity contribution in [2.75, 3.05) is 5.73 Å². The van der Waals surface area contributed by atoms with Gasteiger partial charge < -0.3 is 10.5 Å². The third-order valence-corrected chi connectivity index (χ3v) is 3.23. The van der Waals surface area contributed by atoms with Crippen molar-refractivity contribution in [3.05, 3.63) is 40.1 Å². The van der Waals surface area contributed by atoms with Gasteiger partial charge in [0.25, 0.3) is 0 Å². The van der Waals surface area contributed by atoms with E-state index in [0.29, 0.717) is 11.9 Å². The van der Waals surface area contributed by atoms with Gasteiger partial charge in [0.1, 0.15) is 5.75 Å². The average molecular weight is 322 g/mol. The third-order valence-electron chi connectivity index (χ3n) is 2.82. The molecule has 0 unspecified atom stereocenters. The maximum absolute atomic E-state index is 5.95. The molecule has 19 heavy (non-hydrogen) atoms. The van der Waals surface area contributed by atoms with E-state index in [4.69, 9.17) is 10.5 Å². The van der Waals surface area contributed by atoms with Gasteiger partial charge in [-0.25, -0.2) is 9.97 Å². The van der Waals surface area contributed by atoms with Crippen LogP contribution in [0.2, 0.25) is 0 Å². The Morgan fingerprint density at radius 1 is 1.21 bits per heavy atom. The van der Waals surface area contributed by atoms with Crippen LogP contribution in [0.4, 0.5) is 5.69 Å². The maximum Gasteiger partial charge on any atom is 0.321 e. The van der Waals surface area contributed by atoms with Crippen molar-refractivity contribution in [2.45, 2.75) is 26.7 Å². The van der Waals surface area contributed by atoms with Gasteiger partial charge in [0, 0.05) is 18.1 Å². The molecule has 2 N–H and O–H groups in total. The molecule has 5 heteroatoms. The van der Waals surface area contributed by atoms with E-state index in [0.717, 1.165) is 27.0 Å². The summed E-state index contributed by atoms with van der Waals surface area (Å²) in [5, 5.41) is 0. The Morgan fingerprint density at radius 3 is 2.42 bits per heavy atom. The Balaban J connectivity index is 2.38. The molecule has 0 aliphatic heterocycles. The van der Waals surface area contributed by atoms with E-state index < -0.39 is 0 Å². The number of hydrogen-bond acceptors (Lipinski definition) is 4. The second-order valence-corrected chi connectivity index (χ2v) is 5.60. The van der Waals surface area contributed by atoms with Gasteiger partial charge in [-0.05, 0) is 52.0 Å². The Bertz CT molecular complexity index is 582. The molecule has 0 aliphatic carbocycles. The lowest BCUT2D eigenvalue weighted by Crippen LogP contribution is -2.00. The van der Waals surface area contributed by atoms with Crippen LogP contribution in [0, 0.1) is 6.92 Å². The molecule has 0 aliphatic rings. The van der Waals surface area contributed by atoms with E-state index in [1.165, 1.54) is 0 Å². The van der Waals surface area contributed by atoms with Crippen LogP contribution in [-0.2, 0) is 0 Å². The molecular formula is C14H16BrN3O. The number of aromatic nitrogens is 2. The first-order valence-corrected chi connectivity index (χ1v) is 6.82. The topological polar surface area (TPSA) is 61.0 Å². The fourth-order valence-electron chi connectivity index (χ4n) is 1.71. The van der Waals surface area contributed by atoms with Gasteiger partial charge in [-0.2, -0.15) is 0 Å². The Kier molecular flexibility index (Phi) is 4.04. The first-order valence-electron chi connectivity index (χ1n) is 6.02. The van der Waals surface area contributed by atoms with Gasteiger partial charge >= 0.3 is 6.01 Å². The van der Waals surface area contributed by atoms with E-state index >= 15 is 0 Å². The van der Waals surface area contributed by atoms with Crippen molar-refractivity contribution in [2.24, 2.45) is 0 Å². The summed E-state index contributed by atoms with van der Waals surface area (Å²) in [6.07, 6.45) is 3.31. The normalized spacial score (nSPS) is 10.8. The van der Waals surface area contributed by atoms with Crippen LogP contribution >= 0.6 is 15.9 Å². The minimum atomic E-state index is 0.313. The van der Waals surface area contributed by atoms with Gasteiger partial charge in [-0.3, -0.25) is 0 Å². The zero-order valence-electron chi connectivity index (χ0n) is 11.1. The molecule has 0 amide bonds. The molecule has 2 rings (SSSR count). The number of hydrogen-bond donors (Lipinski definition) is 1. The predicted molar refractivity (Wildman–Crippen MR) is 79.5 cm³/mol. The second-order valence-electron chi connectivity index (χ2n) is 4.69. The molecular weight excluding hydrogens is 306 g/mol. The summed E-state index contributed by atoms with van der Waals surface area (Å²) < 4.78 is 6.58. The summed E-state index contributed by atoms with van der Waals surface area (Å²) in [6, 6.07) is 4.21. The molecule has 0 fully saturated rings. The number of anilines is 1. The van der Waals surface area contributed by atoms with Crippen LogP contribution in [0.5, 0.6) is 11.8 Å². The Labute approximate surface area is 121 Å². The van der Waals surface area contributed by atoms with Crippen LogP contribution < -0.4 is 10.5 Å². The van der Waals surface area contributed by atoms with E-state index in [2.05, 4.69) is 39.7 Å². The lowest BCUT2D eigenvalue weighted by atomic mass is 9.99. The van der Waals surface area contributed by atoms with E-state index in [9.17, 15) is 0 Å². The quantitative estimate of drug-likeness (QED) is 0.866. The van der Waals surface area contributed by atoms with Crippen molar-refractivity contribution >= 4 is 21.6 Å².